The highest BCUT2D eigenvalue weighted by molar-refractivity contribution is 6.17. The molecule has 0 radical (unpaired) electrons. The standard InChI is InChI=1S/C20H22N2O2/c1-13-8-9-15(3)17(12-13)22-19(24)20(10-11-20)18(23)21-16-7-5-4-6-14(16)2/h4-9,12H,10-11H2,1-3H3,(H,21,23)(H,22,24). The topological polar surface area (TPSA) is 58.2 Å². The van der Waals surface area contributed by atoms with Crippen LogP contribution in [0.5, 0.6) is 0 Å². The first kappa shape index (κ1) is 16.2. The van der Waals surface area contributed by atoms with Crippen molar-refractivity contribution in [3.63, 3.8) is 0 Å². The molecule has 0 heterocycles. The zero-order valence-corrected chi connectivity index (χ0v) is 14.3. The summed E-state index contributed by atoms with van der Waals surface area (Å²) in [5.41, 5.74) is 3.63. The number of para-hydroxylation sites is 1. The predicted molar refractivity (Wildman–Crippen MR) is 96.0 cm³/mol. The van der Waals surface area contributed by atoms with E-state index in [4.69, 9.17) is 0 Å². The molecule has 1 aliphatic rings. The van der Waals surface area contributed by atoms with Gasteiger partial charge in [-0.1, -0.05) is 30.3 Å². The molecule has 0 atom stereocenters. The first-order chi connectivity index (χ1) is 11.4. The van der Waals surface area contributed by atoms with Gasteiger partial charge in [0.05, 0.1) is 0 Å². The maximum Gasteiger partial charge on any atom is 0.240 e. The summed E-state index contributed by atoms with van der Waals surface area (Å²) in [6, 6.07) is 13.5. The third-order valence-corrected chi connectivity index (χ3v) is 4.65. The van der Waals surface area contributed by atoms with Gasteiger partial charge in [-0.25, -0.2) is 0 Å². The lowest BCUT2D eigenvalue weighted by Crippen LogP contribution is -2.36. The number of hydrogen-bond acceptors (Lipinski definition) is 2. The van der Waals surface area contributed by atoms with Gasteiger partial charge in [-0.3, -0.25) is 9.59 Å². The third kappa shape index (κ3) is 3.04. The zero-order valence-electron chi connectivity index (χ0n) is 14.3. The molecular weight excluding hydrogens is 300 g/mol. The second-order valence-electron chi connectivity index (χ2n) is 6.62. The fourth-order valence-electron chi connectivity index (χ4n) is 2.75. The van der Waals surface area contributed by atoms with E-state index in [2.05, 4.69) is 10.6 Å². The van der Waals surface area contributed by atoms with Gasteiger partial charge in [0, 0.05) is 11.4 Å². The Bertz CT molecular complexity index is 807. The van der Waals surface area contributed by atoms with Crippen LogP contribution in [0.2, 0.25) is 0 Å². The minimum atomic E-state index is -0.946. The molecule has 1 fully saturated rings. The van der Waals surface area contributed by atoms with Crippen molar-refractivity contribution in [2.45, 2.75) is 33.6 Å². The number of anilines is 2. The lowest BCUT2D eigenvalue weighted by molar-refractivity contribution is -0.131. The highest BCUT2D eigenvalue weighted by Crippen LogP contribution is 2.47. The molecule has 0 unspecified atom stereocenters. The molecule has 0 spiro atoms. The summed E-state index contributed by atoms with van der Waals surface area (Å²) in [5, 5.41) is 5.84. The summed E-state index contributed by atoms with van der Waals surface area (Å²) in [4.78, 5) is 25.4. The lowest BCUT2D eigenvalue weighted by atomic mass is 10.0. The van der Waals surface area contributed by atoms with Crippen LogP contribution in [0.15, 0.2) is 42.5 Å². The monoisotopic (exact) mass is 322 g/mol. The molecule has 0 saturated heterocycles. The molecule has 4 nitrogen and oxygen atoms in total. The quantitative estimate of drug-likeness (QED) is 0.837. The van der Waals surface area contributed by atoms with Crippen molar-refractivity contribution in [2.24, 2.45) is 5.41 Å². The van der Waals surface area contributed by atoms with E-state index in [1.807, 2.05) is 63.2 Å². The smallest absolute Gasteiger partial charge is 0.240 e. The van der Waals surface area contributed by atoms with E-state index in [1.54, 1.807) is 0 Å². The summed E-state index contributed by atoms with van der Waals surface area (Å²) in [7, 11) is 0. The van der Waals surface area contributed by atoms with Crippen molar-refractivity contribution in [2.75, 3.05) is 10.6 Å². The maximum atomic E-state index is 12.7. The van der Waals surface area contributed by atoms with Crippen molar-refractivity contribution in [1.29, 1.82) is 0 Å². The van der Waals surface area contributed by atoms with E-state index in [9.17, 15) is 9.59 Å². The Morgan fingerprint density at radius 1 is 0.833 bits per heavy atom. The highest BCUT2D eigenvalue weighted by atomic mass is 16.2. The lowest BCUT2D eigenvalue weighted by Gasteiger charge is -2.17. The Balaban J connectivity index is 1.75. The van der Waals surface area contributed by atoms with Crippen molar-refractivity contribution in [3.8, 4) is 0 Å². The SMILES string of the molecule is Cc1ccc(C)c(NC(=O)C2(C(=O)Nc3ccccc3C)CC2)c1. The van der Waals surface area contributed by atoms with Crippen molar-refractivity contribution < 1.29 is 9.59 Å². The molecule has 24 heavy (non-hydrogen) atoms. The van der Waals surface area contributed by atoms with Gasteiger partial charge >= 0.3 is 0 Å². The van der Waals surface area contributed by atoms with Crippen molar-refractivity contribution in [3.05, 3.63) is 59.2 Å². The van der Waals surface area contributed by atoms with E-state index in [-0.39, 0.29) is 11.8 Å². The summed E-state index contributed by atoms with van der Waals surface area (Å²) in [5.74, 6) is -0.443. The number of rotatable bonds is 4. The zero-order chi connectivity index (χ0) is 17.3. The number of carbonyl (C=O) groups excluding carboxylic acids is 2. The molecule has 2 aromatic rings. The molecule has 2 amide bonds. The van der Waals surface area contributed by atoms with Crippen LogP contribution in [0, 0.1) is 26.2 Å². The molecule has 124 valence electrons. The first-order valence-electron chi connectivity index (χ1n) is 8.18. The van der Waals surface area contributed by atoms with Crippen LogP contribution < -0.4 is 10.6 Å². The molecule has 1 saturated carbocycles. The van der Waals surface area contributed by atoms with Crippen LogP contribution in [-0.4, -0.2) is 11.8 Å². The fourth-order valence-corrected chi connectivity index (χ4v) is 2.75. The van der Waals surface area contributed by atoms with E-state index in [1.165, 1.54) is 0 Å². The molecule has 2 N–H and O–H groups in total. The second-order valence-corrected chi connectivity index (χ2v) is 6.62. The largest absolute Gasteiger partial charge is 0.325 e. The summed E-state index contributed by atoms with van der Waals surface area (Å²) in [6.45, 7) is 5.86. The minimum Gasteiger partial charge on any atom is -0.325 e. The van der Waals surface area contributed by atoms with Crippen LogP contribution in [0.4, 0.5) is 11.4 Å². The van der Waals surface area contributed by atoms with Gasteiger partial charge in [0.15, 0.2) is 0 Å². The van der Waals surface area contributed by atoms with Crippen molar-refractivity contribution in [1.82, 2.24) is 0 Å². The molecule has 0 aliphatic heterocycles. The Kier molecular flexibility index (Phi) is 4.14. The third-order valence-electron chi connectivity index (χ3n) is 4.65. The Morgan fingerprint density at radius 2 is 1.42 bits per heavy atom. The van der Waals surface area contributed by atoms with Crippen molar-refractivity contribution >= 4 is 23.2 Å². The van der Waals surface area contributed by atoms with E-state index < -0.39 is 5.41 Å². The first-order valence-corrected chi connectivity index (χ1v) is 8.18. The number of aryl methyl sites for hydroxylation is 3. The Labute approximate surface area is 142 Å². The Hall–Kier alpha value is -2.62. The average molecular weight is 322 g/mol. The number of carbonyl (C=O) groups is 2. The number of nitrogens with one attached hydrogen (secondary N) is 2. The normalized spacial score (nSPS) is 14.8. The number of amides is 2. The molecule has 0 bridgehead atoms. The van der Waals surface area contributed by atoms with Gasteiger partial charge in [0.25, 0.3) is 0 Å². The fraction of sp³-hybridized carbons (Fsp3) is 0.300. The minimum absolute atomic E-state index is 0.220. The van der Waals surface area contributed by atoms with Gasteiger partial charge in [-0.2, -0.15) is 0 Å². The molecule has 2 aromatic carbocycles. The van der Waals surface area contributed by atoms with E-state index in [0.29, 0.717) is 12.8 Å². The van der Waals surface area contributed by atoms with Gasteiger partial charge in [0.1, 0.15) is 5.41 Å². The Morgan fingerprint density at radius 3 is 2.04 bits per heavy atom. The summed E-state index contributed by atoms with van der Waals surface area (Å²) in [6.07, 6.45) is 1.17. The molecule has 4 heteroatoms. The van der Waals surface area contributed by atoms with Crippen LogP contribution in [0.25, 0.3) is 0 Å². The van der Waals surface area contributed by atoms with Gasteiger partial charge < -0.3 is 10.6 Å². The summed E-state index contributed by atoms with van der Waals surface area (Å²) >= 11 is 0. The van der Waals surface area contributed by atoms with Gasteiger partial charge in [-0.05, 0) is 62.4 Å². The molecule has 0 aromatic heterocycles. The molecule has 3 rings (SSSR count). The molecule has 1 aliphatic carbocycles. The van der Waals surface area contributed by atoms with E-state index >= 15 is 0 Å². The number of benzene rings is 2. The van der Waals surface area contributed by atoms with Crippen LogP contribution in [0.3, 0.4) is 0 Å². The maximum absolute atomic E-state index is 12.7. The van der Waals surface area contributed by atoms with Crippen LogP contribution in [-0.2, 0) is 9.59 Å². The summed E-state index contributed by atoms with van der Waals surface area (Å²) < 4.78 is 0. The highest BCUT2D eigenvalue weighted by Gasteiger charge is 2.56. The van der Waals surface area contributed by atoms with Gasteiger partial charge in [-0.15, -0.1) is 0 Å². The average Bonchev–Trinajstić information content (AvgIpc) is 3.35. The van der Waals surface area contributed by atoms with Gasteiger partial charge in [0.2, 0.25) is 11.8 Å². The predicted octanol–water partition coefficient (Wildman–Crippen LogP) is 3.97. The second kappa shape index (κ2) is 6.11. The molecular formula is C20H22N2O2. The van der Waals surface area contributed by atoms with E-state index in [0.717, 1.165) is 28.1 Å². The van der Waals surface area contributed by atoms with Crippen LogP contribution >= 0.6 is 0 Å². The number of hydrogen-bond donors (Lipinski definition) is 2. The van der Waals surface area contributed by atoms with Crippen LogP contribution in [0.1, 0.15) is 29.5 Å².